The first kappa shape index (κ1) is 30.2. The number of hydrogen-bond donors (Lipinski definition) is 9. The van der Waals surface area contributed by atoms with E-state index in [0.29, 0.717) is 5.56 Å². The van der Waals surface area contributed by atoms with Gasteiger partial charge in [0.15, 0.2) is 0 Å². The lowest BCUT2D eigenvalue weighted by Gasteiger charge is -2.26. The molecular formula is C24H34N6O8. The van der Waals surface area contributed by atoms with Crippen LogP contribution in [0.4, 0.5) is 0 Å². The van der Waals surface area contributed by atoms with Gasteiger partial charge in [-0.15, -0.1) is 0 Å². The maximum absolute atomic E-state index is 13.3. The van der Waals surface area contributed by atoms with Crippen LogP contribution in [0.25, 0.3) is 10.9 Å². The van der Waals surface area contributed by atoms with Crippen LogP contribution in [0.3, 0.4) is 0 Å². The average Bonchev–Trinajstić information content (AvgIpc) is 3.25. The number of nitrogens with one attached hydrogen (secondary N) is 4. The highest BCUT2D eigenvalue weighted by atomic mass is 16.4. The predicted molar refractivity (Wildman–Crippen MR) is 135 cm³/mol. The normalized spacial score (nSPS) is 15.9. The van der Waals surface area contributed by atoms with E-state index < -0.39 is 66.0 Å². The lowest BCUT2D eigenvalue weighted by Crippen LogP contribution is -2.60. The molecule has 6 atom stereocenters. The van der Waals surface area contributed by atoms with Crippen LogP contribution in [0.15, 0.2) is 30.5 Å². The number of aromatic nitrogens is 1. The minimum absolute atomic E-state index is 0.0430. The molecule has 0 spiro atoms. The molecule has 0 aliphatic heterocycles. The van der Waals surface area contributed by atoms with Gasteiger partial charge in [0.25, 0.3) is 0 Å². The molecule has 0 aliphatic carbocycles. The summed E-state index contributed by atoms with van der Waals surface area (Å²) in [4.78, 5) is 64.2. The van der Waals surface area contributed by atoms with Crippen LogP contribution < -0.4 is 27.4 Å². The molecule has 0 radical (unpaired) electrons. The number of aliphatic carboxylic acids is 1. The van der Waals surface area contributed by atoms with Gasteiger partial charge in [-0.05, 0) is 31.9 Å². The van der Waals surface area contributed by atoms with Crippen LogP contribution in [-0.2, 0) is 30.4 Å². The van der Waals surface area contributed by atoms with E-state index in [0.717, 1.165) is 10.9 Å². The molecule has 1 aromatic heterocycles. The largest absolute Gasteiger partial charge is 0.480 e. The van der Waals surface area contributed by atoms with Gasteiger partial charge < -0.3 is 47.7 Å². The zero-order valence-corrected chi connectivity index (χ0v) is 21.0. The molecule has 38 heavy (non-hydrogen) atoms. The lowest BCUT2D eigenvalue weighted by atomic mass is 10.0. The number of hydrogen-bond acceptors (Lipinski definition) is 8. The van der Waals surface area contributed by atoms with Gasteiger partial charge in [0.1, 0.15) is 24.2 Å². The van der Waals surface area contributed by atoms with Crippen molar-refractivity contribution in [1.82, 2.24) is 20.9 Å². The summed E-state index contributed by atoms with van der Waals surface area (Å²) in [6, 6.07) is 1.50. The minimum atomic E-state index is -1.61. The molecule has 14 heteroatoms. The Hall–Kier alpha value is -4.01. The number of para-hydroxylation sites is 1. The van der Waals surface area contributed by atoms with Crippen molar-refractivity contribution >= 4 is 40.5 Å². The monoisotopic (exact) mass is 534 g/mol. The molecule has 1 heterocycles. The van der Waals surface area contributed by atoms with Gasteiger partial charge in [-0.1, -0.05) is 18.2 Å². The number of aliphatic hydroxyl groups excluding tert-OH is 2. The Morgan fingerprint density at radius 1 is 0.921 bits per heavy atom. The first-order valence-electron chi connectivity index (χ1n) is 11.9. The number of aromatic amines is 1. The topological polar surface area (TPSA) is 250 Å². The molecule has 0 saturated heterocycles. The van der Waals surface area contributed by atoms with E-state index in [2.05, 4.69) is 20.9 Å². The number of nitrogens with two attached hydrogens (primary N) is 2. The van der Waals surface area contributed by atoms with E-state index in [1.165, 1.54) is 13.8 Å². The Morgan fingerprint density at radius 2 is 1.55 bits per heavy atom. The van der Waals surface area contributed by atoms with Crippen LogP contribution in [0.1, 0.15) is 32.3 Å². The maximum Gasteiger partial charge on any atom is 0.326 e. The summed E-state index contributed by atoms with van der Waals surface area (Å²) in [7, 11) is 0. The highest BCUT2D eigenvalue weighted by molar-refractivity contribution is 5.95. The number of carbonyl (C=O) groups is 5. The van der Waals surface area contributed by atoms with E-state index in [-0.39, 0.29) is 19.3 Å². The fraction of sp³-hybridized carbons (Fsp3) is 0.458. The molecule has 1 aromatic carbocycles. The zero-order chi connectivity index (χ0) is 28.6. The molecule has 14 nitrogen and oxygen atoms in total. The summed E-state index contributed by atoms with van der Waals surface area (Å²) < 4.78 is 0. The van der Waals surface area contributed by atoms with E-state index in [9.17, 15) is 39.3 Å². The standard InChI is InChI=1S/C24H34N6O8/c1-11(31)19(26)22(35)29-17(9-13-10-27-15-6-4-3-5-14(13)15)21(34)30-20(12(2)32)23(36)28-16(24(37)38)7-8-18(25)33/h3-6,10-12,16-17,19-20,27,31-32H,7-9,26H2,1-2H3,(H2,25,33)(H,28,36)(H,29,35)(H,30,34)(H,37,38). The number of rotatable bonds is 14. The van der Waals surface area contributed by atoms with Gasteiger partial charge in [0.2, 0.25) is 23.6 Å². The molecule has 0 fully saturated rings. The Bertz CT molecular complexity index is 1160. The van der Waals surface area contributed by atoms with Crippen molar-refractivity contribution in [2.24, 2.45) is 11.5 Å². The smallest absolute Gasteiger partial charge is 0.326 e. The van der Waals surface area contributed by atoms with Crippen molar-refractivity contribution in [3.63, 3.8) is 0 Å². The number of H-pyrrole nitrogens is 1. The van der Waals surface area contributed by atoms with Crippen LogP contribution in [0, 0.1) is 0 Å². The van der Waals surface area contributed by atoms with E-state index in [4.69, 9.17) is 11.5 Å². The van der Waals surface area contributed by atoms with Gasteiger partial charge in [-0.25, -0.2) is 4.79 Å². The Balaban J connectivity index is 2.27. The van der Waals surface area contributed by atoms with Crippen LogP contribution in [-0.4, -0.2) is 86.3 Å². The highest BCUT2D eigenvalue weighted by Crippen LogP contribution is 2.19. The number of aliphatic hydroxyl groups is 2. The third-order valence-electron chi connectivity index (χ3n) is 5.91. The molecule has 0 aliphatic rings. The van der Waals surface area contributed by atoms with Crippen molar-refractivity contribution in [3.05, 3.63) is 36.0 Å². The number of fused-ring (bicyclic) bond motifs is 1. The van der Waals surface area contributed by atoms with E-state index in [1.54, 1.807) is 12.3 Å². The summed E-state index contributed by atoms with van der Waals surface area (Å²) >= 11 is 0. The second-order valence-corrected chi connectivity index (χ2v) is 9.02. The third-order valence-corrected chi connectivity index (χ3v) is 5.91. The molecule has 2 aromatic rings. The summed E-state index contributed by atoms with van der Waals surface area (Å²) in [5, 5.41) is 37.0. The van der Waals surface area contributed by atoms with Gasteiger partial charge >= 0.3 is 5.97 Å². The maximum atomic E-state index is 13.3. The molecule has 6 unspecified atom stereocenters. The van der Waals surface area contributed by atoms with Crippen LogP contribution in [0.2, 0.25) is 0 Å². The van der Waals surface area contributed by atoms with Crippen molar-refractivity contribution in [1.29, 1.82) is 0 Å². The number of carboxylic acid groups (broad SMARTS) is 1. The van der Waals surface area contributed by atoms with Crippen molar-refractivity contribution in [2.75, 3.05) is 0 Å². The first-order valence-corrected chi connectivity index (χ1v) is 11.9. The van der Waals surface area contributed by atoms with E-state index in [1.807, 2.05) is 18.2 Å². The Morgan fingerprint density at radius 3 is 2.13 bits per heavy atom. The molecule has 208 valence electrons. The van der Waals surface area contributed by atoms with Crippen molar-refractivity contribution < 1.29 is 39.3 Å². The van der Waals surface area contributed by atoms with Gasteiger partial charge in [0.05, 0.1) is 12.2 Å². The lowest BCUT2D eigenvalue weighted by molar-refractivity contribution is -0.143. The quantitative estimate of drug-likeness (QED) is 0.125. The SMILES string of the molecule is CC(O)C(N)C(=O)NC(Cc1c[nH]c2ccccc12)C(=O)NC(C(=O)NC(CCC(N)=O)C(=O)O)C(C)O. The molecular weight excluding hydrogens is 500 g/mol. The summed E-state index contributed by atoms with van der Waals surface area (Å²) in [5.41, 5.74) is 12.2. The number of benzene rings is 1. The number of amides is 4. The Labute approximate surface area is 218 Å². The summed E-state index contributed by atoms with van der Waals surface area (Å²) in [5.74, 6) is -4.92. The fourth-order valence-electron chi connectivity index (χ4n) is 3.68. The van der Waals surface area contributed by atoms with Gasteiger partial charge in [-0.2, -0.15) is 0 Å². The average molecular weight is 535 g/mol. The fourth-order valence-corrected chi connectivity index (χ4v) is 3.68. The highest BCUT2D eigenvalue weighted by Gasteiger charge is 2.33. The molecule has 11 N–H and O–H groups in total. The number of carboxylic acids is 1. The Kier molecular flexibility index (Phi) is 10.7. The van der Waals surface area contributed by atoms with Gasteiger partial charge in [0, 0.05) is 29.9 Å². The van der Waals surface area contributed by atoms with Crippen molar-refractivity contribution in [3.8, 4) is 0 Å². The van der Waals surface area contributed by atoms with Gasteiger partial charge in [-0.3, -0.25) is 19.2 Å². The first-order chi connectivity index (χ1) is 17.8. The van der Waals surface area contributed by atoms with Crippen LogP contribution in [0.5, 0.6) is 0 Å². The summed E-state index contributed by atoms with van der Waals surface area (Å²) in [6.45, 7) is 2.52. The second-order valence-electron chi connectivity index (χ2n) is 9.02. The predicted octanol–water partition coefficient (Wildman–Crippen LogP) is -2.40. The van der Waals surface area contributed by atoms with Crippen molar-refractivity contribution in [2.45, 2.75) is 69.5 Å². The second kappa shape index (κ2) is 13.5. The molecule has 2 rings (SSSR count). The van der Waals surface area contributed by atoms with Crippen LogP contribution >= 0.6 is 0 Å². The minimum Gasteiger partial charge on any atom is -0.480 e. The number of carbonyl (C=O) groups excluding carboxylic acids is 4. The molecule has 0 bridgehead atoms. The molecule has 4 amide bonds. The summed E-state index contributed by atoms with van der Waals surface area (Å²) in [6.07, 6.45) is -1.68. The third kappa shape index (κ3) is 8.26. The molecule has 0 saturated carbocycles. The van der Waals surface area contributed by atoms with E-state index >= 15 is 0 Å². The zero-order valence-electron chi connectivity index (χ0n) is 21.0. The number of primary amides is 1.